The van der Waals surface area contributed by atoms with Gasteiger partial charge in [0.25, 0.3) is 5.91 Å². The van der Waals surface area contributed by atoms with E-state index >= 15 is 0 Å². The third-order valence-electron chi connectivity index (χ3n) is 2.31. The Labute approximate surface area is 112 Å². The number of nitrogens with two attached hydrogens (primary N) is 1. The third-order valence-corrected chi connectivity index (χ3v) is 2.31. The van der Waals surface area contributed by atoms with Crippen molar-refractivity contribution in [1.29, 1.82) is 0 Å². The van der Waals surface area contributed by atoms with Crippen molar-refractivity contribution in [3.8, 4) is 0 Å². The van der Waals surface area contributed by atoms with Crippen LogP contribution in [0, 0.1) is 0 Å². The Morgan fingerprint density at radius 1 is 1.42 bits per heavy atom. The molecule has 0 aliphatic rings. The van der Waals surface area contributed by atoms with Gasteiger partial charge >= 0.3 is 0 Å². The second-order valence-electron chi connectivity index (χ2n) is 5.25. The normalized spacial score (nSPS) is 11.2. The molecule has 0 aliphatic heterocycles. The van der Waals surface area contributed by atoms with Gasteiger partial charge in [-0.3, -0.25) is 14.3 Å². The van der Waals surface area contributed by atoms with Crippen LogP contribution in [-0.4, -0.2) is 33.7 Å². The highest BCUT2D eigenvalue weighted by Crippen LogP contribution is 2.10. The molecule has 1 rings (SSSR count). The van der Waals surface area contributed by atoms with E-state index in [9.17, 15) is 9.59 Å². The standard InChI is InChI=1S/C12H21N5O2/c1-5-17-10(8(13)6-15-17)11(19)14-7-9(18)16-12(2,3)4/h6H,5,7,13H2,1-4H3,(H,14,19)(H,16,18). The summed E-state index contributed by atoms with van der Waals surface area (Å²) in [6.45, 7) is 7.92. The van der Waals surface area contributed by atoms with Gasteiger partial charge in [0.1, 0.15) is 5.69 Å². The summed E-state index contributed by atoms with van der Waals surface area (Å²) < 4.78 is 1.49. The number of hydrogen-bond acceptors (Lipinski definition) is 4. The van der Waals surface area contributed by atoms with Gasteiger partial charge in [-0.25, -0.2) is 0 Å². The van der Waals surface area contributed by atoms with E-state index in [-0.39, 0.29) is 23.7 Å². The number of hydrogen-bond donors (Lipinski definition) is 3. The van der Waals surface area contributed by atoms with Gasteiger partial charge in [-0.1, -0.05) is 0 Å². The van der Waals surface area contributed by atoms with Crippen LogP contribution in [0.5, 0.6) is 0 Å². The zero-order valence-electron chi connectivity index (χ0n) is 11.8. The second-order valence-corrected chi connectivity index (χ2v) is 5.25. The van der Waals surface area contributed by atoms with Crippen LogP contribution < -0.4 is 16.4 Å². The maximum atomic E-state index is 11.9. The first-order valence-electron chi connectivity index (χ1n) is 6.15. The second kappa shape index (κ2) is 5.73. The number of aryl methyl sites for hydroxylation is 1. The molecule has 0 aliphatic carbocycles. The first kappa shape index (κ1) is 15.0. The van der Waals surface area contributed by atoms with E-state index < -0.39 is 5.91 Å². The van der Waals surface area contributed by atoms with Gasteiger partial charge in [-0.2, -0.15) is 5.10 Å². The summed E-state index contributed by atoms with van der Waals surface area (Å²) in [6, 6.07) is 0. The van der Waals surface area contributed by atoms with E-state index in [4.69, 9.17) is 5.73 Å². The zero-order valence-corrected chi connectivity index (χ0v) is 11.8. The minimum atomic E-state index is -0.402. The van der Waals surface area contributed by atoms with Gasteiger partial charge in [-0.05, 0) is 27.7 Å². The molecular formula is C12H21N5O2. The topological polar surface area (TPSA) is 102 Å². The van der Waals surface area contributed by atoms with Crippen molar-refractivity contribution in [2.75, 3.05) is 12.3 Å². The minimum Gasteiger partial charge on any atom is -0.396 e. The number of nitrogen functional groups attached to an aromatic ring is 1. The Morgan fingerprint density at radius 3 is 2.58 bits per heavy atom. The molecule has 0 spiro atoms. The van der Waals surface area contributed by atoms with Crippen molar-refractivity contribution in [3.05, 3.63) is 11.9 Å². The summed E-state index contributed by atoms with van der Waals surface area (Å²) in [5.41, 5.74) is 5.94. The summed E-state index contributed by atoms with van der Waals surface area (Å²) in [4.78, 5) is 23.5. The van der Waals surface area contributed by atoms with E-state index in [0.29, 0.717) is 12.2 Å². The van der Waals surface area contributed by atoms with E-state index in [1.54, 1.807) is 0 Å². The van der Waals surface area contributed by atoms with Crippen LogP contribution in [0.4, 0.5) is 5.69 Å². The molecule has 1 heterocycles. The molecule has 7 heteroatoms. The van der Waals surface area contributed by atoms with E-state index in [0.717, 1.165) is 0 Å². The van der Waals surface area contributed by atoms with Gasteiger partial charge < -0.3 is 16.4 Å². The first-order valence-corrected chi connectivity index (χ1v) is 6.15. The fraction of sp³-hybridized carbons (Fsp3) is 0.583. The number of nitrogens with one attached hydrogen (secondary N) is 2. The minimum absolute atomic E-state index is 0.0928. The summed E-state index contributed by atoms with van der Waals surface area (Å²) in [6.07, 6.45) is 1.42. The number of aromatic nitrogens is 2. The number of carbonyl (C=O) groups is 2. The lowest BCUT2D eigenvalue weighted by Crippen LogP contribution is -2.46. The number of anilines is 1. The van der Waals surface area contributed by atoms with Crippen LogP contribution in [0.1, 0.15) is 38.2 Å². The lowest BCUT2D eigenvalue weighted by molar-refractivity contribution is -0.121. The van der Waals surface area contributed by atoms with Crippen LogP contribution >= 0.6 is 0 Å². The average Bonchev–Trinajstić information content (AvgIpc) is 2.65. The lowest BCUT2D eigenvalue weighted by Gasteiger charge is -2.20. The van der Waals surface area contributed by atoms with Crippen LogP contribution in [-0.2, 0) is 11.3 Å². The van der Waals surface area contributed by atoms with Crippen molar-refractivity contribution < 1.29 is 9.59 Å². The predicted octanol–water partition coefficient (Wildman–Crippen LogP) is 0.130. The molecule has 19 heavy (non-hydrogen) atoms. The molecule has 0 fully saturated rings. The van der Waals surface area contributed by atoms with E-state index in [1.165, 1.54) is 10.9 Å². The van der Waals surface area contributed by atoms with Crippen LogP contribution in [0.3, 0.4) is 0 Å². The SMILES string of the molecule is CCn1ncc(N)c1C(=O)NCC(=O)NC(C)(C)C. The van der Waals surface area contributed by atoms with Crippen molar-refractivity contribution in [2.45, 2.75) is 39.8 Å². The first-order chi connectivity index (χ1) is 8.74. The van der Waals surface area contributed by atoms with Crippen molar-refractivity contribution >= 4 is 17.5 Å². The molecule has 4 N–H and O–H groups in total. The van der Waals surface area contributed by atoms with E-state index in [2.05, 4.69) is 15.7 Å². The largest absolute Gasteiger partial charge is 0.396 e. The van der Waals surface area contributed by atoms with Crippen molar-refractivity contribution in [1.82, 2.24) is 20.4 Å². The Morgan fingerprint density at radius 2 is 2.05 bits per heavy atom. The van der Waals surface area contributed by atoms with Crippen LogP contribution in [0.25, 0.3) is 0 Å². The Hall–Kier alpha value is -2.05. The van der Waals surface area contributed by atoms with E-state index in [1.807, 2.05) is 27.7 Å². The number of rotatable bonds is 4. The predicted molar refractivity (Wildman–Crippen MR) is 72.5 cm³/mol. The van der Waals surface area contributed by atoms with Crippen molar-refractivity contribution in [2.24, 2.45) is 0 Å². The van der Waals surface area contributed by atoms with Gasteiger partial charge in [0.15, 0.2) is 0 Å². The molecule has 0 bridgehead atoms. The molecule has 0 saturated heterocycles. The molecule has 106 valence electrons. The summed E-state index contributed by atoms with van der Waals surface area (Å²) in [7, 11) is 0. The number of carbonyl (C=O) groups excluding carboxylic acids is 2. The molecule has 7 nitrogen and oxygen atoms in total. The highest BCUT2D eigenvalue weighted by molar-refractivity contribution is 5.99. The van der Waals surface area contributed by atoms with Crippen LogP contribution in [0.15, 0.2) is 6.20 Å². The average molecular weight is 267 g/mol. The highest BCUT2D eigenvalue weighted by atomic mass is 16.2. The van der Waals surface area contributed by atoms with Gasteiger partial charge in [0, 0.05) is 12.1 Å². The molecule has 0 unspecified atom stereocenters. The maximum Gasteiger partial charge on any atom is 0.272 e. The summed E-state index contributed by atoms with van der Waals surface area (Å²) >= 11 is 0. The number of amides is 2. The van der Waals surface area contributed by atoms with Gasteiger partial charge in [-0.15, -0.1) is 0 Å². The third kappa shape index (κ3) is 4.27. The van der Waals surface area contributed by atoms with Gasteiger partial charge in [0.05, 0.1) is 18.4 Å². The molecule has 0 aromatic carbocycles. The molecule has 1 aromatic rings. The molecule has 0 saturated carbocycles. The maximum absolute atomic E-state index is 11.9. The fourth-order valence-corrected chi connectivity index (χ4v) is 1.59. The van der Waals surface area contributed by atoms with Crippen LogP contribution in [0.2, 0.25) is 0 Å². The lowest BCUT2D eigenvalue weighted by atomic mass is 10.1. The monoisotopic (exact) mass is 267 g/mol. The molecule has 0 radical (unpaired) electrons. The molecular weight excluding hydrogens is 246 g/mol. The van der Waals surface area contributed by atoms with Gasteiger partial charge in [0.2, 0.25) is 5.91 Å². The number of nitrogens with zero attached hydrogens (tertiary/aromatic N) is 2. The van der Waals surface area contributed by atoms with Crippen molar-refractivity contribution in [3.63, 3.8) is 0 Å². The zero-order chi connectivity index (χ0) is 14.6. The smallest absolute Gasteiger partial charge is 0.272 e. The molecule has 1 aromatic heterocycles. The molecule has 2 amide bonds. The molecule has 0 atom stereocenters. The Kier molecular flexibility index (Phi) is 4.52. The quantitative estimate of drug-likeness (QED) is 0.721. The fourth-order valence-electron chi connectivity index (χ4n) is 1.59. The Bertz CT molecular complexity index is 473. The summed E-state index contributed by atoms with van der Waals surface area (Å²) in [5, 5.41) is 9.26. The Balaban J connectivity index is 2.61. The summed E-state index contributed by atoms with van der Waals surface area (Å²) in [5.74, 6) is -0.650. The highest BCUT2D eigenvalue weighted by Gasteiger charge is 2.18.